The number of amides is 1. The number of likely N-dealkylation sites (tertiary alicyclic amines) is 1. The van der Waals surface area contributed by atoms with Gasteiger partial charge in [-0.3, -0.25) is 4.79 Å². The van der Waals surface area contributed by atoms with Gasteiger partial charge in [0.2, 0.25) is 0 Å². The van der Waals surface area contributed by atoms with E-state index in [1.165, 1.54) is 12.1 Å². The zero-order valence-electron chi connectivity index (χ0n) is 18.5. The molecule has 1 fully saturated rings. The third-order valence-electron chi connectivity index (χ3n) is 6.09. The maximum atomic E-state index is 13.8. The molecule has 32 heavy (non-hydrogen) atoms. The standard InChI is InChI=1S/C26H28FN3O2/c1-3-24-19(17-32-21-10-8-20(27)9-11-21)6-4-15-30(24)26(31)23-16-18(2)7-12-22(23)25-28-13-5-14-29-25/h5,7-14,16,19,24H,3-4,6,15,17H2,1-2H3/t19-,24?/m1/s1. The number of halogens is 1. The molecule has 1 unspecified atom stereocenters. The van der Waals surface area contributed by atoms with E-state index in [0.717, 1.165) is 30.4 Å². The van der Waals surface area contributed by atoms with E-state index in [9.17, 15) is 9.18 Å². The molecule has 6 heteroatoms. The summed E-state index contributed by atoms with van der Waals surface area (Å²) in [6.45, 7) is 5.31. The number of carbonyl (C=O) groups excluding carboxylic acids is 1. The Morgan fingerprint density at radius 2 is 1.91 bits per heavy atom. The number of nitrogens with zero attached hydrogens (tertiary/aromatic N) is 3. The number of piperidine rings is 1. The average Bonchev–Trinajstić information content (AvgIpc) is 2.83. The Labute approximate surface area is 188 Å². The second-order valence-electron chi connectivity index (χ2n) is 8.26. The Kier molecular flexibility index (Phi) is 6.78. The lowest BCUT2D eigenvalue weighted by Gasteiger charge is -2.41. The average molecular weight is 434 g/mol. The fraction of sp³-hybridized carbons (Fsp3) is 0.346. The van der Waals surface area contributed by atoms with Crippen molar-refractivity contribution < 1.29 is 13.9 Å². The van der Waals surface area contributed by atoms with E-state index >= 15 is 0 Å². The van der Waals surface area contributed by atoms with Crippen LogP contribution in [0.2, 0.25) is 0 Å². The fourth-order valence-electron chi connectivity index (χ4n) is 4.49. The molecule has 0 aliphatic carbocycles. The summed E-state index contributed by atoms with van der Waals surface area (Å²) in [7, 11) is 0. The molecular formula is C26H28FN3O2. The Morgan fingerprint density at radius 1 is 1.16 bits per heavy atom. The molecule has 5 nitrogen and oxygen atoms in total. The molecule has 1 saturated heterocycles. The highest BCUT2D eigenvalue weighted by Crippen LogP contribution is 2.31. The molecule has 3 aromatic rings. The highest BCUT2D eigenvalue weighted by molar-refractivity contribution is 6.00. The number of aromatic nitrogens is 2. The number of benzene rings is 2. The zero-order chi connectivity index (χ0) is 22.5. The van der Waals surface area contributed by atoms with E-state index in [4.69, 9.17) is 4.74 Å². The van der Waals surface area contributed by atoms with Crippen LogP contribution in [0.15, 0.2) is 60.9 Å². The van der Waals surface area contributed by atoms with Crippen molar-refractivity contribution in [3.05, 3.63) is 77.9 Å². The molecule has 1 amide bonds. The van der Waals surface area contributed by atoms with Crippen LogP contribution in [0, 0.1) is 18.7 Å². The molecule has 0 N–H and O–H groups in total. The molecule has 1 aliphatic rings. The number of ether oxygens (including phenoxy) is 1. The second-order valence-corrected chi connectivity index (χ2v) is 8.26. The number of hydrogen-bond donors (Lipinski definition) is 0. The van der Waals surface area contributed by atoms with E-state index in [1.807, 2.05) is 30.0 Å². The number of aryl methyl sites for hydroxylation is 1. The lowest BCUT2D eigenvalue weighted by atomic mass is 9.87. The normalized spacial score (nSPS) is 18.4. The summed E-state index contributed by atoms with van der Waals surface area (Å²) < 4.78 is 19.1. The minimum absolute atomic E-state index is 0.00878. The van der Waals surface area contributed by atoms with Gasteiger partial charge in [0.25, 0.3) is 5.91 Å². The van der Waals surface area contributed by atoms with Gasteiger partial charge in [0.05, 0.1) is 12.2 Å². The molecule has 1 aromatic heterocycles. The molecule has 2 heterocycles. The van der Waals surface area contributed by atoms with Crippen LogP contribution in [0.5, 0.6) is 5.75 Å². The molecule has 0 saturated carbocycles. The minimum atomic E-state index is -0.283. The van der Waals surface area contributed by atoms with Crippen molar-refractivity contribution in [3.63, 3.8) is 0 Å². The van der Waals surface area contributed by atoms with Crippen LogP contribution in [-0.4, -0.2) is 40.0 Å². The van der Waals surface area contributed by atoms with Crippen LogP contribution in [0.25, 0.3) is 11.4 Å². The maximum absolute atomic E-state index is 13.8. The van der Waals surface area contributed by atoms with Crippen molar-refractivity contribution in [1.82, 2.24) is 14.9 Å². The third kappa shape index (κ3) is 4.79. The molecule has 166 valence electrons. The van der Waals surface area contributed by atoms with Crippen molar-refractivity contribution in [2.45, 2.75) is 39.2 Å². The molecule has 2 atom stereocenters. The van der Waals surface area contributed by atoms with E-state index in [0.29, 0.717) is 30.3 Å². The van der Waals surface area contributed by atoms with Gasteiger partial charge in [-0.2, -0.15) is 0 Å². The van der Waals surface area contributed by atoms with Crippen LogP contribution in [-0.2, 0) is 0 Å². The summed E-state index contributed by atoms with van der Waals surface area (Å²) >= 11 is 0. The van der Waals surface area contributed by atoms with Gasteiger partial charge in [-0.05, 0) is 62.6 Å². The molecule has 0 bridgehead atoms. The Balaban J connectivity index is 1.56. The molecule has 1 aliphatic heterocycles. The SMILES string of the molecule is CCC1[C@@H](COc2ccc(F)cc2)CCCN1C(=O)c1cc(C)ccc1-c1ncccn1. The quantitative estimate of drug-likeness (QED) is 0.529. The van der Waals surface area contributed by atoms with E-state index in [2.05, 4.69) is 16.9 Å². The van der Waals surface area contributed by atoms with Gasteiger partial charge in [0, 0.05) is 36.5 Å². The summed E-state index contributed by atoms with van der Waals surface area (Å²) in [4.78, 5) is 24.5. The molecule has 4 rings (SSSR count). The molecule has 0 radical (unpaired) electrons. The maximum Gasteiger partial charge on any atom is 0.254 e. The summed E-state index contributed by atoms with van der Waals surface area (Å²) in [5, 5.41) is 0. The van der Waals surface area contributed by atoms with Gasteiger partial charge in [-0.15, -0.1) is 0 Å². The number of rotatable bonds is 6. The van der Waals surface area contributed by atoms with Crippen LogP contribution < -0.4 is 4.74 Å². The number of carbonyl (C=O) groups is 1. The van der Waals surface area contributed by atoms with Crippen molar-refractivity contribution >= 4 is 5.91 Å². The van der Waals surface area contributed by atoms with Gasteiger partial charge in [-0.25, -0.2) is 14.4 Å². The molecular weight excluding hydrogens is 405 g/mol. The largest absolute Gasteiger partial charge is 0.493 e. The first-order valence-electron chi connectivity index (χ1n) is 11.1. The summed E-state index contributed by atoms with van der Waals surface area (Å²) in [5.41, 5.74) is 2.41. The molecule has 2 aromatic carbocycles. The van der Waals surface area contributed by atoms with Gasteiger partial charge in [-0.1, -0.05) is 24.6 Å². The monoisotopic (exact) mass is 433 g/mol. The zero-order valence-corrected chi connectivity index (χ0v) is 18.5. The van der Waals surface area contributed by atoms with E-state index < -0.39 is 0 Å². The smallest absolute Gasteiger partial charge is 0.254 e. The summed E-state index contributed by atoms with van der Waals surface area (Å²) in [6.07, 6.45) is 6.13. The van der Waals surface area contributed by atoms with Crippen LogP contribution in [0.4, 0.5) is 4.39 Å². The van der Waals surface area contributed by atoms with Crippen molar-refractivity contribution in [3.8, 4) is 17.1 Å². The van der Waals surface area contributed by atoms with Gasteiger partial charge in [0.15, 0.2) is 5.82 Å². The van der Waals surface area contributed by atoms with E-state index in [1.54, 1.807) is 30.6 Å². The van der Waals surface area contributed by atoms with Crippen LogP contribution in [0.1, 0.15) is 42.1 Å². The fourth-order valence-corrected chi connectivity index (χ4v) is 4.49. The first kappa shape index (κ1) is 21.9. The summed E-state index contributed by atoms with van der Waals surface area (Å²) in [6, 6.07) is 13.8. The lowest BCUT2D eigenvalue weighted by molar-refractivity contribution is 0.0397. The first-order valence-corrected chi connectivity index (χ1v) is 11.1. The minimum Gasteiger partial charge on any atom is -0.493 e. The number of hydrogen-bond acceptors (Lipinski definition) is 4. The Bertz CT molecular complexity index is 1060. The van der Waals surface area contributed by atoms with Crippen molar-refractivity contribution in [2.75, 3.05) is 13.2 Å². The topological polar surface area (TPSA) is 55.3 Å². The highest BCUT2D eigenvalue weighted by Gasteiger charge is 2.35. The van der Waals surface area contributed by atoms with E-state index in [-0.39, 0.29) is 23.7 Å². The lowest BCUT2D eigenvalue weighted by Crippen LogP contribution is -2.49. The van der Waals surface area contributed by atoms with Crippen molar-refractivity contribution in [1.29, 1.82) is 0 Å². The van der Waals surface area contributed by atoms with Gasteiger partial charge in [0.1, 0.15) is 11.6 Å². The first-order chi connectivity index (χ1) is 15.6. The van der Waals surface area contributed by atoms with Gasteiger partial charge >= 0.3 is 0 Å². The Morgan fingerprint density at radius 3 is 2.62 bits per heavy atom. The van der Waals surface area contributed by atoms with Crippen molar-refractivity contribution in [2.24, 2.45) is 5.92 Å². The third-order valence-corrected chi connectivity index (χ3v) is 6.09. The summed E-state index contributed by atoms with van der Waals surface area (Å²) in [5.74, 6) is 1.14. The van der Waals surface area contributed by atoms with Crippen LogP contribution in [0.3, 0.4) is 0 Å². The Hall–Kier alpha value is -3.28. The predicted octanol–water partition coefficient (Wildman–Crippen LogP) is 5.30. The van der Waals surface area contributed by atoms with Crippen LogP contribution >= 0.6 is 0 Å². The van der Waals surface area contributed by atoms with Gasteiger partial charge < -0.3 is 9.64 Å². The predicted molar refractivity (Wildman–Crippen MR) is 122 cm³/mol. The molecule has 0 spiro atoms. The second kappa shape index (κ2) is 9.90. The highest BCUT2D eigenvalue weighted by atomic mass is 19.1.